The molecule has 1 aliphatic heterocycles. The molecule has 4 heterocycles. The predicted octanol–water partition coefficient (Wildman–Crippen LogP) is 2.91. The van der Waals surface area contributed by atoms with Crippen molar-refractivity contribution in [2.24, 2.45) is 0 Å². The van der Waals surface area contributed by atoms with E-state index in [2.05, 4.69) is 27.0 Å². The monoisotopic (exact) mass is 565 g/mol. The molecule has 212 valence electrons. The summed E-state index contributed by atoms with van der Waals surface area (Å²) in [7, 11) is -3.78. The number of benzene rings is 1. The van der Waals surface area contributed by atoms with Crippen LogP contribution in [-0.2, 0) is 23.0 Å². The van der Waals surface area contributed by atoms with Crippen molar-refractivity contribution >= 4 is 21.1 Å². The Bertz CT molecular complexity index is 1640. The number of hydrogen-bond acceptors (Lipinski definition) is 8. The van der Waals surface area contributed by atoms with Crippen LogP contribution in [0.5, 0.6) is 5.75 Å². The number of aromatic amines is 1. The number of nitrogens with zero attached hydrogens (tertiary/aromatic N) is 6. The number of piperazine rings is 1. The molecular formula is C28H35N7O4S. The van der Waals surface area contributed by atoms with Crippen LogP contribution < -0.4 is 10.3 Å². The number of sulfonamides is 1. The lowest BCUT2D eigenvalue weighted by Gasteiger charge is -2.33. The molecule has 0 amide bonds. The number of hydrogen-bond donors (Lipinski definition) is 1. The number of H-pyrrole nitrogens is 1. The Balaban J connectivity index is 1.69. The van der Waals surface area contributed by atoms with Crippen molar-refractivity contribution in [1.82, 2.24) is 33.9 Å². The second-order valence-corrected chi connectivity index (χ2v) is 11.7. The van der Waals surface area contributed by atoms with Crippen LogP contribution in [-0.4, -0.2) is 81.7 Å². The van der Waals surface area contributed by atoms with E-state index in [4.69, 9.17) is 9.72 Å². The molecule has 12 heteroatoms. The van der Waals surface area contributed by atoms with Crippen molar-refractivity contribution in [3.63, 3.8) is 0 Å². The fraction of sp³-hybridized carbons (Fsp3) is 0.429. The average molecular weight is 566 g/mol. The third-order valence-electron chi connectivity index (χ3n) is 7.20. The molecule has 1 aromatic carbocycles. The van der Waals surface area contributed by atoms with Crippen LogP contribution in [0, 0.1) is 0 Å². The molecule has 1 N–H and O–H groups in total. The lowest BCUT2D eigenvalue weighted by Crippen LogP contribution is -2.48. The van der Waals surface area contributed by atoms with Crippen LogP contribution in [0.3, 0.4) is 0 Å². The van der Waals surface area contributed by atoms with Gasteiger partial charge in [0.1, 0.15) is 17.1 Å². The Hall–Kier alpha value is -3.61. The molecule has 0 atom stereocenters. The van der Waals surface area contributed by atoms with Crippen molar-refractivity contribution in [1.29, 1.82) is 0 Å². The fourth-order valence-electron chi connectivity index (χ4n) is 4.90. The number of pyridine rings is 1. The van der Waals surface area contributed by atoms with Crippen molar-refractivity contribution in [2.45, 2.75) is 45.1 Å². The van der Waals surface area contributed by atoms with E-state index in [1.807, 2.05) is 26.0 Å². The van der Waals surface area contributed by atoms with E-state index in [1.165, 1.54) is 8.87 Å². The van der Waals surface area contributed by atoms with E-state index in [-0.39, 0.29) is 22.5 Å². The van der Waals surface area contributed by atoms with Crippen LogP contribution in [0.1, 0.15) is 38.6 Å². The molecule has 0 aliphatic carbocycles. The number of nitrogens with one attached hydrogen (secondary N) is 1. The lowest BCUT2D eigenvalue weighted by atomic mass is 10.1. The summed E-state index contributed by atoms with van der Waals surface area (Å²) in [5, 5.41) is 7.18. The van der Waals surface area contributed by atoms with Crippen LogP contribution in [0.4, 0.5) is 0 Å². The van der Waals surface area contributed by atoms with Gasteiger partial charge < -0.3 is 9.64 Å². The minimum Gasteiger partial charge on any atom is -0.493 e. The number of aryl methyl sites for hydroxylation is 1. The third-order valence-corrected chi connectivity index (χ3v) is 9.10. The summed E-state index contributed by atoms with van der Waals surface area (Å²) >= 11 is 0. The summed E-state index contributed by atoms with van der Waals surface area (Å²) in [6.07, 6.45) is 3.02. The summed E-state index contributed by atoms with van der Waals surface area (Å²) < 4.78 is 36.6. The Kier molecular flexibility index (Phi) is 8.29. The minimum absolute atomic E-state index is 0.134. The highest BCUT2D eigenvalue weighted by Gasteiger charge is 2.30. The van der Waals surface area contributed by atoms with Gasteiger partial charge in [0.15, 0.2) is 5.52 Å². The van der Waals surface area contributed by atoms with Gasteiger partial charge in [0.2, 0.25) is 10.0 Å². The molecule has 1 aliphatic rings. The second-order valence-electron chi connectivity index (χ2n) is 9.75. The first-order valence-electron chi connectivity index (χ1n) is 13.7. The molecule has 4 aromatic rings. The van der Waals surface area contributed by atoms with Crippen molar-refractivity contribution in [3.8, 4) is 17.1 Å². The maximum absolute atomic E-state index is 13.8. The summed E-state index contributed by atoms with van der Waals surface area (Å²) in [5.41, 5.74) is 2.17. The number of likely N-dealkylation sites (N-methyl/N-ethyl adjacent to an activating group) is 1. The molecule has 40 heavy (non-hydrogen) atoms. The topological polar surface area (TPSA) is 126 Å². The highest BCUT2D eigenvalue weighted by atomic mass is 32.2. The molecule has 11 nitrogen and oxygen atoms in total. The van der Waals surface area contributed by atoms with E-state index in [9.17, 15) is 13.2 Å². The molecule has 0 spiro atoms. The number of aromatic nitrogens is 5. The molecule has 0 saturated carbocycles. The van der Waals surface area contributed by atoms with Crippen molar-refractivity contribution in [2.75, 3.05) is 39.3 Å². The van der Waals surface area contributed by atoms with Gasteiger partial charge in [0, 0.05) is 32.4 Å². The zero-order valence-electron chi connectivity index (χ0n) is 23.1. The molecule has 3 aromatic heterocycles. The molecule has 5 rings (SSSR count). The molecule has 1 fully saturated rings. The van der Waals surface area contributed by atoms with Crippen LogP contribution in [0.15, 0.2) is 52.3 Å². The maximum Gasteiger partial charge on any atom is 0.282 e. The van der Waals surface area contributed by atoms with Gasteiger partial charge in [-0.3, -0.25) is 19.4 Å². The van der Waals surface area contributed by atoms with Gasteiger partial charge in [-0.15, -0.1) is 0 Å². The zero-order chi connectivity index (χ0) is 28.3. The van der Waals surface area contributed by atoms with E-state index in [0.717, 1.165) is 18.7 Å². The molecule has 0 unspecified atom stereocenters. The van der Waals surface area contributed by atoms with Gasteiger partial charge in [0.25, 0.3) is 5.56 Å². The van der Waals surface area contributed by atoms with E-state index in [1.54, 1.807) is 30.5 Å². The molecule has 0 radical (unpaired) electrons. The predicted molar refractivity (Wildman–Crippen MR) is 153 cm³/mol. The quantitative estimate of drug-likeness (QED) is 0.311. The van der Waals surface area contributed by atoms with Gasteiger partial charge in [-0.05, 0) is 49.7 Å². The largest absolute Gasteiger partial charge is 0.493 e. The summed E-state index contributed by atoms with van der Waals surface area (Å²) in [6, 6.07) is 10.3. The first-order chi connectivity index (χ1) is 19.4. The molecular weight excluding hydrogens is 530 g/mol. The average Bonchev–Trinajstić information content (AvgIpc) is 3.41. The highest BCUT2D eigenvalue weighted by Crippen LogP contribution is 2.33. The van der Waals surface area contributed by atoms with Crippen LogP contribution >= 0.6 is 0 Å². The van der Waals surface area contributed by atoms with Crippen molar-refractivity contribution in [3.05, 3.63) is 64.3 Å². The third kappa shape index (κ3) is 5.38. The lowest BCUT2D eigenvalue weighted by molar-refractivity contribution is 0.196. The summed E-state index contributed by atoms with van der Waals surface area (Å²) in [6.45, 7) is 9.67. The van der Waals surface area contributed by atoms with E-state index < -0.39 is 10.0 Å². The first kappa shape index (κ1) is 27.9. The fourth-order valence-corrected chi connectivity index (χ4v) is 6.35. The van der Waals surface area contributed by atoms with Gasteiger partial charge >= 0.3 is 0 Å². The van der Waals surface area contributed by atoms with Crippen LogP contribution in [0.25, 0.3) is 22.4 Å². The van der Waals surface area contributed by atoms with E-state index >= 15 is 0 Å². The Morgan fingerprint density at radius 3 is 2.50 bits per heavy atom. The van der Waals surface area contributed by atoms with E-state index in [0.29, 0.717) is 67.6 Å². The second kappa shape index (κ2) is 11.9. The highest BCUT2D eigenvalue weighted by molar-refractivity contribution is 7.89. The number of rotatable bonds is 10. The van der Waals surface area contributed by atoms with Crippen molar-refractivity contribution < 1.29 is 13.2 Å². The minimum atomic E-state index is -3.78. The standard InChI is InChI=1S/C28H35N7O4S/c1-4-17-39-24-11-10-21(40(37,38)34-15-13-33(6-3)14-16-34)18-22(24)27-30-25-23(5-2)31-32-26(25)28(36)35(27)19-20-9-7-8-12-29-20/h7-12,18H,4-6,13-17,19H2,1-3H3,(H,31,32). The number of fused-ring (bicyclic) bond motifs is 1. The Labute approximate surface area is 233 Å². The van der Waals surface area contributed by atoms with Gasteiger partial charge in [-0.1, -0.05) is 26.8 Å². The smallest absolute Gasteiger partial charge is 0.282 e. The van der Waals surface area contributed by atoms with Gasteiger partial charge in [-0.2, -0.15) is 9.40 Å². The summed E-state index contributed by atoms with van der Waals surface area (Å²) in [4.78, 5) is 25.5. The molecule has 1 saturated heterocycles. The van der Waals surface area contributed by atoms with Crippen LogP contribution in [0.2, 0.25) is 0 Å². The SMILES string of the molecule is CCCOc1ccc(S(=O)(=O)N2CCN(CC)CC2)cc1-c1nc2c(CC)[nH]nc2c(=O)n1Cc1ccccn1. The normalized spacial score (nSPS) is 15.1. The Morgan fingerprint density at radius 2 is 1.82 bits per heavy atom. The van der Waals surface area contributed by atoms with Gasteiger partial charge in [-0.25, -0.2) is 13.4 Å². The maximum atomic E-state index is 13.8. The molecule has 0 bridgehead atoms. The van der Waals surface area contributed by atoms with Gasteiger partial charge in [0.05, 0.1) is 35.0 Å². The number of ether oxygens (including phenoxy) is 1. The first-order valence-corrected chi connectivity index (χ1v) is 15.2. The summed E-state index contributed by atoms with van der Waals surface area (Å²) in [5.74, 6) is 0.761. The zero-order valence-corrected chi connectivity index (χ0v) is 23.9. The Morgan fingerprint density at radius 1 is 1.02 bits per heavy atom.